The van der Waals surface area contributed by atoms with Gasteiger partial charge >= 0.3 is 0 Å². The molecule has 1 N–H and O–H groups in total. The third-order valence-corrected chi connectivity index (χ3v) is 4.94. The van der Waals surface area contributed by atoms with Crippen molar-refractivity contribution in [2.45, 2.75) is 38.1 Å². The van der Waals surface area contributed by atoms with Gasteiger partial charge in [-0.15, -0.1) is 0 Å². The van der Waals surface area contributed by atoms with Crippen molar-refractivity contribution in [1.82, 2.24) is 4.31 Å². The number of rotatable bonds is 5. The SMILES string of the molecule is CCN(C(C)C)S(=O)(=O)c1cccc(C#CCCO)c1. The molecule has 1 aromatic rings. The highest BCUT2D eigenvalue weighted by molar-refractivity contribution is 7.89. The lowest BCUT2D eigenvalue weighted by molar-refractivity contribution is 0.305. The van der Waals surface area contributed by atoms with E-state index in [2.05, 4.69) is 11.8 Å². The van der Waals surface area contributed by atoms with E-state index in [0.717, 1.165) is 0 Å². The van der Waals surface area contributed by atoms with Crippen LogP contribution in [0, 0.1) is 11.8 Å². The molecule has 0 spiro atoms. The summed E-state index contributed by atoms with van der Waals surface area (Å²) >= 11 is 0. The van der Waals surface area contributed by atoms with Crippen molar-refractivity contribution in [1.29, 1.82) is 0 Å². The van der Waals surface area contributed by atoms with E-state index in [0.29, 0.717) is 18.5 Å². The Morgan fingerprint density at radius 1 is 1.35 bits per heavy atom. The predicted molar refractivity (Wildman–Crippen MR) is 79.7 cm³/mol. The minimum absolute atomic E-state index is 0.00194. The topological polar surface area (TPSA) is 57.6 Å². The quantitative estimate of drug-likeness (QED) is 0.843. The Morgan fingerprint density at radius 3 is 2.60 bits per heavy atom. The highest BCUT2D eigenvalue weighted by atomic mass is 32.2. The Balaban J connectivity index is 3.14. The molecule has 1 rings (SSSR count). The van der Waals surface area contributed by atoms with Crippen molar-refractivity contribution in [2.24, 2.45) is 0 Å². The molecule has 0 atom stereocenters. The average Bonchev–Trinajstić information content (AvgIpc) is 2.39. The molecule has 0 unspecified atom stereocenters. The molecule has 20 heavy (non-hydrogen) atoms. The van der Waals surface area contributed by atoms with Crippen molar-refractivity contribution >= 4 is 10.0 Å². The minimum Gasteiger partial charge on any atom is -0.395 e. The lowest BCUT2D eigenvalue weighted by Crippen LogP contribution is -2.36. The number of aliphatic hydroxyl groups excluding tert-OH is 1. The zero-order valence-electron chi connectivity index (χ0n) is 12.1. The van der Waals surface area contributed by atoms with Crippen molar-refractivity contribution in [2.75, 3.05) is 13.2 Å². The summed E-state index contributed by atoms with van der Waals surface area (Å²) in [6.45, 7) is 5.96. The van der Waals surface area contributed by atoms with Gasteiger partial charge in [-0.1, -0.05) is 24.8 Å². The molecule has 0 aromatic heterocycles. The molecule has 4 nitrogen and oxygen atoms in total. The fraction of sp³-hybridized carbons (Fsp3) is 0.467. The molecule has 0 fully saturated rings. The maximum absolute atomic E-state index is 12.5. The summed E-state index contributed by atoms with van der Waals surface area (Å²) in [7, 11) is -3.49. The number of benzene rings is 1. The largest absolute Gasteiger partial charge is 0.395 e. The Bertz CT molecular complexity index is 597. The molecule has 0 saturated heterocycles. The summed E-state index contributed by atoms with van der Waals surface area (Å²) in [5.41, 5.74) is 0.638. The van der Waals surface area contributed by atoms with E-state index in [-0.39, 0.29) is 17.5 Å². The fourth-order valence-corrected chi connectivity index (χ4v) is 3.60. The van der Waals surface area contributed by atoms with Crippen LogP contribution in [0.2, 0.25) is 0 Å². The highest BCUT2D eigenvalue weighted by Crippen LogP contribution is 2.18. The molecule has 0 aliphatic rings. The molecule has 0 aliphatic carbocycles. The monoisotopic (exact) mass is 295 g/mol. The van der Waals surface area contributed by atoms with Gasteiger partial charge in [-0.05, 0) is 32.0 Å². The predicted octanol–water partition coefficient (Wildman–Crippen LogP) is 1.84. The number of hydrogen-bond donors (Lipinski definition) is 1. The van der Waals surface area contributed by atoms with E-state index in [9.17, 15) is 8.42 Å². The van der Waals surface area contributed by atoms with Gasteiger partial charge in [-0.2, -0.15) is 4.31 Å². The highest BCUT2D eigenvalue weighted by Gasteiger charge is 2.25. The fourth-order valence-electron chi connectivity index (χ4n) is 1.90. The molecular formula is C15H21NO3S. The normalized spacial score (nSPS) is 11.5. The summed E-state index contributed by atoms with van der Waals surface area (Å²) in [6, 6.07) is 6.51. The lowest BCUT2D eigenvalue weighted by Gasteiger charge is -2.24. The van der Waals surface area contributed by atoms with Crippen LogP contribution in [-0.2, 0) is 10.0 Å². The standard InChI is InChI=1S/C15H21NO3S/c1-4-16(13(2)3)20(18,19)15-10-7-9-14(12-15)8-5-6-11-17/h7,9-10,12-13,17H,4,6,11H2,1-3H3. The van der Waals surface area contributed by atoms with Crippen LogP contribution in [0.5, 0.6) is 0 Å². The van der Waals surface area contributed by atoms with Crippen LogP contribution in [0.15, 0.2) is 29.2 Å². The molecule has 0 saturated carbocycles. The third kappa shape index (κ3) is 4.07. The van der Waals surface area contributed by atoms with Gasteiger partial charge in [0.25, 0.3) is 0 Å². The molecule has 0 heterocycles. The third-order valence-electron chi connectivity index (χ3n) is 2.80. The molecule has 0 amide bonds. The maximum Gasteiger partial charge on any atom is 0.243 e. The van der Waals surface area contributed by atoms with Gasteiger partial charge in [-0.3, -0.25) is 0 Å². The number of nitrogens with zero attached hydrogens (tertiary/aromatic N) is 1. The van der Waals surface area contributed by atoms with E-state index < -0.39 is 10.0 Å². The Hall–Kier alpha value is -1.35. The van der Waals surface area contributed by atoms with E-state index >= 15 is 0 Å². The molecule has 0 bridgehead atoms. The first-order chi connectivity index (χ1) is 9.43. The Morgan fingerprint density at radius 2 is 2.05 bits per heavy atom. The molecule has 5 heteroatoms. The smallest absolute Gasteiger partial charge is 0.243 e. The van der Waals surface area contributed by atoms with Crippen LogP contribution in [0.1, 0.15) is 32.8 Å². The van der Waals surface area contributed by atoms with Gasteiger partial charge in [0.05, 0.1) is 11.5 Å². The van der Waals surface area contributed by atoms with Gasteiger partial charge in [-0.25, -0.2) is 8.42 Å². The van der Waals surface area contributed by atoms with Gasteiger partial charge < -0.3 is 5.11 Å². The maximum atomic E-state index is 12.5. The van der Waals surface area contributed by atoms with Crippen LogP contribution < -0.4 is 0 Å². The Kier molecular flexibility index (Phi) is 6.21. The second-order valence-corrected chi connectivity index (χ2v) is 6.50. The van der Waals surface area contributed by atoms with Crippen LogP contribution in [0.25, 0.3) is 0 Å². The summed E-state index contributed by atoms with van der Waals surface area (Å²) in [5, 5.41) is 8.69. The van der Waals surface area contributed by atoms with E-state index in [1.165, 1.54) is 4.31 Å². The molecular weight excluding hydrogens is 274 g/mol. The van der Waals surface area contributed by atoms with Crippen molar-refractivity contribution in [3.05, 3.63) is 29.8 Å². The van der Waals surface area contributed by atoms with Gasteiger partial charge in [0, 0.05) is 24.6 Å². The number of aliphatic hydroxyl groups is 1. The van der Waals surface area contributed by atoms with Crippen LogP contribution in [0.3, 0.4) is 0 Å². The summed E-state index contributed by atoms with van der Waals surface area (Å²) in [6.07, 6.45) is 0.379. The van der Waals surface area contributed by atoms with E-state index in [1.807, 2.05) is 20.8 Å². The molecule has 110 valence electrons. The van der Waals surface area contributed by atoms with Gasteiger partial charge in [0.1, 0.15) is 0 Å². The Labute approximate surface area is 121 Å². The van der Waals surface area contributed by atoms with Gasteiger partial charge in [0.15, 0.2) is 0 Å². The van der Waals surface area contributed by atoms with Crippen LogP contribution >= 0.6 is 0 Å². The summed E-state index contributed by atoms with van der Waals surface area (Å²) in [4.78, 5) is 0.254. The van der Waals surface area contributed by atoms with Crippen molar-refractivity contribution < 1.29 is 13.5 Å². The number of sulfonamides is 1. The first-order valence-electron chi connectivity index (χ1n) is 6.65. The molecule has 0 radical (unpaired) electrons. The number of hydrogen-bond acceptors (Lipinski definition) is 3. The second-order valence-electron chi connectivity index (χ2n) is 4.61. The van der Waals surface area contributed by atoms with E-state index in [1.54, 1.807) is 24.3 Å². The van der Waals surface area contributed by atoms with Crippen molar-refractivity contribution in [3.8, 4) is 11.8 Å². The second kappa shape index (κ2) is 7.44. The summed E-state index contributed by atoms with van der Waals surface area (Å²) < 4.78 is 26.5. The average molecular weight is 295 g/mol. The first-order valence-corrected chi connectivity index (χ1v) is 8.09. The van der Waals surface area contributed by atoms with E-state index in [4.69, 9.17) is 5.11 Å². The zero-order valence-corrected chi connectivity index (χ0v) is 12.9. The van der Waals surface area contributed by atoms with Crippen LogP contribution in [0.4, 0.5) is 0 Å². The lowest BCUT2D eigenvalue weighted by atomic mass is 10.2. The zero-order chi connectivity index (χ0) is 15.2. The van der Waals surface area contributed by atoms with Crippen LogP contribution in [-0.4, -0.2) is 37.0 Å². The summed E-state index contributed by atoms with van der Waals surface area (Å²) in [5.74, 6) is 5.64. The molecule has 0 aliphatic heterocycles. The van der Waals surface area contributed by atoms with Gasteiger partial charge in [0.2, 0.25) is 10.0 Å². The molecule has 1 aromatic carbocycles. The first kappa shape index (κ1) is 16.7. The van der Waals surface area contributed by atoms with Crippen molar-refractivity contribution in [3.63, 3.8) is 0 Å². The minimum atomic E-state index is -3.49.